The van der Waals surface area contributed by atoms with Crippen LogP contribution in [0.25, 0.3) is 0 Å². The summed E-state index contributed by atoms with van der Waals surface area (Å²) in [7, 11) is -4.35. The number of hydrogen-bond acceptors (Lipinski definition) is 6. The number of rotatable bonds is 28. The fourth-order valence-electron chi connectivity index (χ4n) is 3.84. The van der Waals surface area contributed by atoms with Crippen LogP contribution in [-0.4, -0.2) is 47.8 Å². The van der Waals surface area contributed by atoms with E-state index in [0.29, 0.717) is 6.42 Å². The molecule has 3 unspecified atom stereocenters. The van der Waals surface area contributed by atoms with Crippen molar-refractivity contribution in [2.45, 2.75) is 116 Å². The molecule has 0 radical (unpaired) electrons. The van der Waals surface area contributed by atoms with Crippen molar-refractivity contribution in [2.24, 2.45) is 5.73 Å². The van der Waals surface area contributed by atoms with Crippen molar-refractivity contribution in [3.63, 3.8) is 0 Å². The van der Waals surface area contributed by atoms with E-state index in [1.54, 1.807) is 6.08 Å². The van der Waals surface area contributed by atoms with Crippen molar-refractivity contribution in [3.8, 4) is 0 Å². The number of hydrogen-bond donors (Lipinski definition) is 4. The Morgan fingerprint density at radius 1 is 0.791 bits per heavy atom. The highest BCUT2D eigenvalue weighted by Crippen LogP contribution is 2.43. The van der Waals surface area contributed by atoms with Gasteiger partial charge < -0.3 is 21.1 Å². The number of aliphatic hydroxyl groups is 1. The van der Waals surface area contributed by atoms with Gasteiger partial charge in [-0.3, -0.25) is 13.8 Å². The highest BCUT2D eigenvalue weighted by Gasteiger charge is 2.26. The van der Waals surface area contributed by atoms with E-state index in [4.69, 9.17) is 14.8 Å². The van der Waals surface area contributed by atoms with Crippen LogP contribution in [0.3, 0.4) is 0 Å². The molecule has 0 aromatic carbocycles. The number of aliphatic hydroxyl groups excluding tert-OH is 1. The quantitative estimate of drug-likeness (QED) is 0.0398. The normalized spacial score (nSPS) is 15.6. The van der Waals surface area contributed by atoms with E-state index < -0.39 is 20.0 Å². The fourth-order valence-corrected chi connectivity index (χ4v) is 4.60. The van der Waals surface area contributed by atoms with Crippen LogP contribution < -0.4 is 11.1 Å². The largest absolute Gasteiger partial charge is 0.472 e. The van der Waals surface area contributed by atoms with Crippen LogP contribution in [0.2, 0.25) is 0 Å². The highest BCUT2D eigenvalue weighted by atomic mass is 31.2. The van der Waals surface area contributed by atoms with E-state index in [1.165, 1.54) is 19.3 Å². The summed E-state index contributed by atoms with van der Waals surface area (Å²) in [6.45, 7) is 3.86. The third kappa shape index (κ3) is 28.5. The Morgan fingerprint density at radius 2 is 1.35 bits per heavy atom. The molecule has 0 aromatic heterocycles. The van der Waals surface area contributed by atoms with Gasteiger partial charge in [0.05, 0.1) is 25.4 Å². The van der Waals surface area contributed by atoms with Crippen LogP contribution in [0.1, 0.15) is 104 Å². The first-order valence-corrected chi connectivity index (χ1v) is 17.6. The number of amides is 1. The molecule has 0 bridgehead atoms. The van der Waals surface area contributed by atoms with Crippen LogP contribution in [0.4, 0.5) is 0 Å². The molecule has 0 aliphatic rings. The molecule has 1 amide bonds. The first-order chi connectivity index (χ1) is 20.9. The van der Waals surface area contributed by atoms with Gasteiger partial charge in [-0.05, 0) is 70.6 Å². The van der Waals surface area contributed by atoms with Crippen LogP contribution >= 0.6 is 7.82 Å². The second-order valence-electron chi connectivity index (χ2n) is 10.3. The maximum absolute atomic E-state index is 12.6. The van der Waals surface area contributed by atoms with Crippen LogP contribution in [0.5, 0.6) is 0 Å². The zero-order valence-corrected chi connectivity index (χ0v) is 27.6. The van der Waals surface area contributed by atoms with Crippen LogP contribution in [0, 0.1) is 0 Å². The minimum Gasteiger partial charge on any atom is -0.387 e. The van der Waals surface area contributed by atoms with Gasteiger partial charge >= 0.3 is 7.82 Å². The molecule has 0 aliphatic carbocycles. The van der Waals surface area contributed by atoms with E-state index >= 15 is 0 Å². The molecule has 0 aromatic rings. The molecule has 246 valence electrons. The van der Waals surface area contributed by atoms with Gasteiger partial charge in [0, 0.05) is 13.0 Å². The summed E-state index contributed by atoms with van der Waals surface area (Å²) in [5.41, 5.74) is 5.32. The molecule has 0 rings (SSSR count). The number of carbonyl (C=O) groups is 1. The van der Waals surface area contributed by atoms with Crippen molar-refractivity contribution in [2.75, 3.05) is 19.8 Å². The summed E-state index contributed by atoms with van der Waals surface area (Å²) < 4.78 is 21.9. The van der Waals surface area contributed by atoms with E-state index in [-0.39, 0.29) is 32.1 Å². The molecule has 0 heterocycles. The van der Waals surface area contributed by atoms with Crippen molar-refractivity contribution >= 4 is 13.7 Å². The molecule has 5 N–H and O–H groups in total. The Balaban J connectivity index is 4.54. The molecule has 0 spiro atoms. The predicted octanol–water partition coefficient (Wildman–Crippen LogP) is 7.76. The van der Waals surface area contributed by atoms with Gasteiger partial charge in [-0.15, -0.1) is 0 Å². The second-order valence-corrected chi connectivity index (χ2v) is 11.7. The van der Waals surface area contributed by atoms with Crippen molar-refractivity contribution < 1.29 is 28.4 Å². The van der Waals surface area contributed by atoms with E-state index in [9.17, 15) is 19.4 Å². The molecule has 0 aliphatic heterocycles. The summed E-state index contributed by atoms with van der Waals surface area (Å²) in [4.78, 5) is 22.4. The lowest BCUT2D eigenvalue weighted by Gasteiger charge is -2.23. The summed E-state index contributed by atoms with van der Waals surface area (Å²) in [5, 5.41) is 13.4. The first-order valence-electron chi connectivity index (χ1n) is 16.1. The monoisotopic (exact) mass is 622 g/mol. The van der Waals surface area contributed by atoms with Crippen molar-refractivity contribution in [1.82, 2.24) is 5.32 Å². The van der Waals surface area contributed by atoms with Gasteiger partial charge in [-0.1, -0.05) is 99.6 Å². The smallest absolute Gasteiger partial charge is 0.387 e. The summed E-state index contributed by atoms with van der Waals surface area (Å²) in [6, 6.07) is -0.898. The molecule has 0 fully saturated rings. The molecule has 9 heteroatoms. The summed E-state index contributed by atoms with van der Waals surface area (Å²) >= 11 is 0. The number of phosphoric acid groups is 1. The number of carbonyl (C=O) groups excluding carboxylic acids is 1. The van der Waals surface area contributed by atoms with Gasteiger partial charge in [0.15, 0.2) is 0 Å². The number of phosphoric ester groups is 1. The lowest BCUT2D eigenvalue weighted by Crippen LogP contribution is -2.45. The Labute approximate surface area is 261 Å². The number of allylic oxidation sites excluding steroid dienone is 11. The van der Waals surface area contributed by atoms with Gasteiger partial charge in [-0.25, -0.2) is 4.57 Å². The topological polar surface area (TPSA) is 131 Å². The first kappa shape index (κ1) is 40.9. The standard InChI is InChI=1S/C34H59N2O6P/c1-3-5-7-9-11-13-14-15-16-17-18-20-22-24-26-28-34(38)36-32(31-42-43(39,40)41-30-29-35)33(37)27-25-23-21-19-12-10-8-6-4-2/h5,7,11-13,15-16,18-20,25,27,32-33,37H,3-4,6,8-10,14,17,21-24,26,28-31,35H2,1-2H3,(H,36,38)(H,39,40)/b7-5-,13-11-,16-15-,19-12+,20-18-,27-25+. The van der Waals surface area contributed by atoms with Crippen molar-refractivity contribution in [1.29, 1.82) is 0 Å². The van der Waals surface area contributed by atoms with Gasteiger partial charge in [-0.2, -0.15) is 0 Å². The Kier molecular flexibility index (Phi) is 28.6. The minimum absolute atomic E-state index is 0.0629. The van der Waals surface area contributed by atoms with E-state index in [0.717, 1.165) is 57.8 Å². The average molecular weight is 623 g/mol. The third-order valence-corrected chi connectivity index (χ3v) is 7.25. The van der Waals surface area contributed by atoms with E-state index in [1.807, 2.05) is 6.08 Å². The Bertz CT molecular complexity index is 897. The molecule has 43 heavy (non-hydrogen) atoms. The van der Waals surface area contributed by atoms with Crippen molar-refractivity contribution in [3.05, 3.63) is 72.9 Å². The number of nitrogens with one attached hydrogen (secondary N) is 1. The second kappa shape index (κ2) is 30.0. The average Bonchev–Trinajstić information content (AvgIpc) is 2.99. The van der Waals surface area contributed by atoms with Gasteiger partial charge in [0.25, 0.3) is 0 Å². The predicted molar refractivity (Wildman–Crippen MR) is 180 cm³/mol. The Morgan fingerprint density at radius 3 is 1.98 bits per heavy atom. The lowest BCUT2D eigenvalue weighted by molar-refractivity contribution is -0.123. The molecule has 8 nitrogen and oxygen atoms in total. The van der Waals surface area contributed by atoms with Crippen LogP contribution in [-0.2, 0) is 18.4 Å². The molecule has 0 saturated heterocycles. The van der Waals surface area contributed by atoms with Crippen LogP contribution in [0.15, 0.2) is 72.9 Å². The fraction of sp³-hybridized carbons (Fsp3) is 0.618. The summed E-state index contributed by atoms with van der Waals surface area (Å²) in [5.74, 6) is -0.253. The maximum Gasteiger partial charge on any atom is 0.472 e. The third-order valence-electron chi connectivity index (χ3n) is 6.27. The zero-order valence-electron chi connectivity index (χ0n) is 26.7. The Hall–Kier alpha value is -2.06. The molecule has 3 atom stereocenters. The van der Waals surface area contributed by atoms with Gasteiger partial charge in [0.2, 0.25) is 5.91 Å². The molecule has 0 saturated carbocycles. The molecular formula is C34H59N2O6P. The van der Waals surface area contributed by atoms with E-state index in [2.05, 4.69) is 79.9 Å². The molecular weight excluding hydrogens is 563 g/mol. The lowest BCUT2D eigenvalue weighted by atomic mass is 10.1. The minimum atomic E-state index is -4.35. The zero-order chi connectivity index (χ0) is 31.9. The summed E-state index contributed by atoms with van der Waals surface area (Å²) in [6.07, 6.45) is 36.8. The number of nitrogens with two attached hydrogens (primary N) is 1. The maximum atomic E-state index is 12.6. The van der Waals surface area contributed by atoms with Gasteiger partial charge in [0.1, 0.15) is 0 Å². The SMILES string of the molecule is CC/C=C\C/C=C\C/C=C\C/C=C\CCCCC(=O)NC(COP(=O)(O)OCCN)C(O)/C=C/CC/C=C/CCCCC. The number of unbranched alkanes of at least 4 members (excludes halogenated alkanes) is 6. The highest BCUT2D eigenvalue weighted by molar-refractivity contribution is 7.47.